The molecule has 2 aromatic heterocycles. The van der Waals surface area contributed by atoms with Crippen LogP contribution >= 0.6 is 11.6 Å². The highest BCUT2D eigenvalue weighted by Gasteiger charge is 2.33. The number of rotatable bonds is 8. The van der Waals surface area contributed by atoms with E-state index in [2.05, 4.69) is 21.5 Å². The fraction of sp³-hybridized carbons (Fsp3) is 0.406. The highest BCUT2D eigenvalue weighted by Crippen LogP contribution is 2.40. The lowest BCUT2D eigenvalue weighted by atomic mass is 9.99. The minimum atomic E-state index is -0.472. The van der Waals surface area contributed by atoms with E-state index in [-0.39, 0.29) is 46.1 Å². The smallest absolute Gasteiger partial charge is 0.246 e. The number of aryl methyl sites for hydroxylation is 1. The molecule has 228 valence electrons. The Morgan fingerprint density at radius 1 is 1.35 bits per heavy atom. The molecule has 9 nitrogen and oxygen atoms in total. The Hall–Kier alpha value is -3.89. The lowest BCUT2D eigenvalue weighted by Crippen LogP contribution is -2.55. The van der Waals surface area contributed by atoms with Gasteiger partial charge in [-0.25, -0.2) is 9.37 Å². The summed E-state index contributed by atoms with van der Waals surface area (Å²) in [6, 6.07) is 3.38. The summed E-state index contributed by atoms with van der Waals surface area (Å²) >= 11 is 6.86. The second-order valence-electron chi connectivity index (χ2n) is 10.9. The molecule has 1 saturated heterocycles. The predicted molar refractivity (Wildman–Crippen MR) is 169 cm³/mol. The number of carbonyl (C=O) groups excluding carboxylic acids is 2. The summed E-state index contributed by atoms with van der Waals surface area (Å²) in [7, 11) is 3.21. The molecule has 0 aromatic carbocycles. The number of hydrogen-bond donors (Lipinski definition) is 0. The van der Waals surface area contributed by atoms with Crippen molar-refractivity contribution in [2.45, 2.75) is 52.2 Å². The number of aromatic nitrogens is 2. The quantitative estimate of drug-likeness (QED) is 0.168. The minimum absolute atomic E-state index is 0.00808. The van der Waals surface area contributed by atoms with Crippen molar-refractivity contribution in [2.75, 3.05) is 38.7 Å². The van der Waals surface area contributed by atoms with Crippen LogP contribution in [0.15, 0.2) is 54.0 Å². The first-order valence-corrected chi connectivity index (χ1v) is 14.6. The summed E-state index contributed by atoms with van der Waals surface area (Å²) < 4.78 is 20.7. The molecule has 0 N–H and O–H groups in total. The Kier molecular flexibility index (Phi) is 10.1. The average molecular weight is 609 g/mol. The van der Waals surface area contributed by atoms with Gasteiger partial charge in [0, 0.05) is 51.6 Å². The van der Waals surface area contributed by atoms with E-state index in [1.165, 1.54) is 17.1 Å². The van der Waals surface area contributed by atoms with E-state index < -0.39 is 5.83 Å². The summed E-state index contributed by atoms with van der Waals surface area (Å²) in [6.07, 6.45) is 6.83. The van der Waals surface area contributed by atoms with Crippen molar-refractivity contribution in [3.8, 4) is 0 Å². The van der Waals surface area contributed by atoms with Gasteiger partial charge in [-0.15, -0.1) is 0 Å². The predicted octanol–water partition coefficient (Wildman–Crippen LogP) is 5.61. The molecule has 1 aliphatic heterocycles. The van der Waals surface area contributed by atoms with Gasteiger partial charge in [0.2, 0.25) is 12.3 Å². The number of anilines is 2. The SMILES string of the molecule is C=CC(=O)N1CCN(/C(=N/C)c2cc(Cl)c(C3=CC(OC)CC=C3F)nc2N(C=O)c2c(C)ccnc2C(C)C)C(C)C1. The summed E-state index contributed by atoms with van der Waals surface area (Å²) in [5.74, 6) is 0.156. The molecule has 2 aliphatic rings. The van der Waals surface area contributed by atoms with Gasteiger partial charge < -0.3 is 14.5 Å². The van der Waals surface area contributed by atoms with E-state index in [0.717, 1.165) is 5.56 Å². The summed E-state index contributed by atoms with van der Waals surface area (Å²) in [5.41, 5.74) is 2.97. The number of aliphatic imine (C=N–C) groups is 1. The molecule has 4 rings (SSSR count). The van der Waals surface area contributed by atoms with Crippen molar-refractivity contribution in [1.29, 1.82) is 0 Å². The number of carbonyl (C=O) groups is 2. The zero-order chi connectivity index (χ0) is 31.4. The zero-order valence-corrected chi connectivity index (χ0v) is 26.2. The van der Waals surface area contributed by atoms with Crippen molar-refractivity contribution >= 4 is 46.8 Å². The number of allylic oxidation sites excluding steroid dienone is 2. The molecule has 0 saturated carbocycles. The van der Waals surface area contributed by atoms with Gasteiger partial charge in [-0.3, -0.25) is 24.5 Å². The number of ether oxygens (including phenoxy) is 1. The molecule has 2 aromatic rings. The van der Waals surface area contributed by atoms with E-state index in [4.69, 9.17) is 21.3 Å². The molecule has 0 spiro atoms. The average Bonchev–Trinajstić information content (AvgIpc) is 3.00. The van der Waals surface area contributed by atoms with Gasteiger partial charge in [-0.05, 0) is 62.1 Å². The van der Waals surface area contributed by atoms with E-state index in [1.54, 1.807) is 37.4 Å². The summed E-state index contributed by atoms with van der Waals surface area (Å²) in [5, 5.41) is 0.192. The molecule has 43 heavy (non-hydrogen) atoms. The van der Waals surface area contributed by atoms with Gasteiger partial charge in [0.05, 0.1) is 33.8 Å². The largest absolute Gasteiger partial charge is 0.377 e. The Bertz CT molecular complexity index is 1500. The van der Waals surface area contributed by atoms with E-state index in [1.807, 2.05) is 33.8 Å². The third-order valence-corrected chi connectivity index (χ3v) is 8.06. The van der Waals surface area contributed by atoms with E-state index in [0.29, 0.717) is 55.2 Å². The van der Waals surface area contributed by atoms with Crippen LogP contribution in [0.5, 0.6) is 0 Å². The molecule has 2 unspecified atom stereocenters. The highest BCUT2D eigenvalue weighted by atomic mass is 35.5. The molecule has 2 atom stereocenters. The third-order valence-electron chi connectivity index (χ3n) is 7.77. The molecule has 0 bridgehead atoms. The first-order valence-electron chi connectivity index (χ1n) is 14.2. The lowest BCUT2D eigenvalue weighted by Gasteiger charge is -2.41. The molecule has 1 aliphatic carbocycles. The maximum Gasteiger partial charge on any atom is 0.246 e. The third kappa shape index (κ3) is 6.40. The maximum atomic E-state index is 15.3. The number of methoxy groups -OCH3 is 1. The normalized spacial score (nSPS) is 19.2. The van der Waals surface area contributed by atoms with Crippen LogP contribution in [-0.4, -0.2) is 83.9 Å². The second kappa shape index (κ2) is 13.6. The van der Waals surface area contributed by atoms with Crippen molar-refractivity contribution in [3.05, 3.63) is 76.5 Å². The van der Waals surface area contributed by atoms with Crippen LogP contribution in [0.3, 0.4) is 0 Å². The zero-order valence-electron chi connectivity index (χ0n) is 25.5. The molecule has 2 amide bonds. The number of amidine groups is 1. The molecule has 0 radical (unpaired) electrons. The fourth-order valence-corrected chi connectivity index (χ4v) is 5.81. The summed E-state index contributed by atoms with van der Waals surface area (Å²) in [4.78, 5) is 44.7. The maximum absolute atomic E-state index is 15.3. The number of pyridine rings is 2. The lowest BCUT2D eigenvalue weighted by molar-refractivity contribution is -0.128. The molecule has 11 heteroatoms. The van der Waals surface area contributed by atoms with Gasteiger partial charge in [0.15, 0.2) is 5.82 Å². The van der Waals surface area contributed by atoms with Crippen molar-refractivity contribution in [1.82, 2.24) is 19.8 Å². The van der Waals surface area contributed by atoms with Gasteiger partial charge in [0.25, 0.3) is 0 Å². The molecular weight excluding hydrogens is 571 g/mol. The standard InChI is InChI=1S/C32H38ClFN6O3/c1-8-27(42)38-13-14-39(21(5)17-38)31(35-6)24-16-25(33)29(23-15-22(43-7)9-10-26(23)34)37-32(24)40(18-41)30-20(4)11-12-36-28(30)19(2)3/h8,10-12,15-16,18-19,21-22H,1,9,13-14,17H2,2-7H3/b35-31+. The van der Waals surface area contributed by atoms with Crippen LogP contribution in [-0.2, 0) is 14.3 Å². The first-order chi connectivity index (χ1) is 20.6. The molecule has 3 heterocycles. The van der Waals surface area contributed by atoms with Gasteiger partial charge in [0.1, 0.15) is 11.7 Å². The Morgan fingerprint density at radius 3 is 2.70 bits per heavy atom. The number of nitrogens with zero attached hydrogens (tertiary/aromatic N) is 6. The highest BCUT2D eigenvalue weighted by molar-refractivity contribution is 6.33. The Balaban J connectivity index is 1.95. The van der Waals surface area contributed by atoms with E-state index >= 15 is 4.39 Å². The second-order valence-corrected chi connectivity index (χ2v) is 11.3. The molecule has 1 fully saturated rings. The van der Waals surface area contributed by atoms with Crippen LogP contribution in [0.4, 0.5) is 15.9 Å². The van der Waals surface area contributed by atoms with Crippen LogP contribution in [0.25, 0.3) is 5.57 Å². The number of halogens is 2. The summed E-state index contributed by atoms with van der Waals surface area (Å²) in [6.45, 7) is 12.9. The number of hydrogen-bond acceptors (Lipinski definition) is 6. The van der Waals surface area contributed by atoms with Crippen LogP contribution < -0.4 is 4.90 Å². The van der Waals surface area contributed by atoms with Crippen molar-refractivity contribution in [2.24, 2.45) is 4.99 Å². The Labute approximate surface area is 257 Å². The van der Waals surface area contributed by atoms with Crippen molar-refractivity contribution in [3.63, 3.8) is 0 Å². The number of piperazine rings is 1. The van der Waals surface area contributed by atoms with Gasteiger partial charge in [-0.1, -0.05) is 32.0 Å². The monoisotopic (exact) mass is 608 g/mol. The van der Waals surface area contributed by atoms with E-state index in [9.17, 15) is 9.59 Å². The van der Waals surface area contributed by atoms with Crippen LogP contribution in [0.1, 0.15) is 55.6 Å². The topological polar surface area (TPSA) is 91.2 Å². The fourth-order valence-electron chi connectivity index (χ4n) is 5.56. The van der Waals surface area contributed by atoms with Gasteiger partial charge in [-0.2, -0.15) is 0 Å². The number of amides is 2. The van der Waals surface area contributed by atoms with Crippen LogP contribution in [0, 0.1) is 6.92 Å². The molecular formula is C32H38ClFN6O3. The van der Waals surface area contributed by atoms with Crippen LogP contribution in [0.2, 0.25) is 5.02 Å². The van der Waals surface area contributed by atoms with Gasteiger partial charge >= 0.3 is 0 Å². The van der Waals surface area contributed by atoms with Crippen molar-refractivity contribution < 1.29 is 18.7 Å². The Morgan fingerprint density at radius 2 is 2.09 bits per heavy atom. The first kappa shape index (κ1) is 32.0. The minimum Gasteiger partial charge on any atom is -0.377 e.